The quantitative estimate of drug-likeness (QED) is 0.631. The number of nitrogens with zero attached hydrogens (tertiary/aromatic N) is 1. The first kappa shape index (κ1) is 8.75. The highest BCUT2D eigenvalue weighted by atomic mass is 19.1. The molecule has 0 bridgehead atoms. The molecule has 1 unspecified atom stereocenters. The predicted octanol–water partition coefficient (Wildman–Crippen LogP) is 0.533. The minimum atomic E-state index is -0.615. The van der Waals surface area contributed by atoms with E-state index in [4.69, 9.17) is 12.2 Å². The molecule has 12 heavy (non-hydrogen) atoms. The molecule has 0 aromatic carbocycles. The van der Waals surface area contributed by atoms with Crippen LogP contribution >= 0.6 is 0 Å². The maximum absolute atomic E-state index is 12.5. The topological polar surface area (TPSA) is 54.7 Å². The number of rotatable bonds is 2. The second-order valence-electron chi connectivity index (χ2n) is 2.49. The van der Waals surface area contributed by atoms with E-state index in [2.05, 4.69) is 15.9 Å². The summed E-state index contributed by atoms with van der Waals surface area (Å²) in [5, 5.41) is 0. The average Bonchev–Trinajstić information content (AvgIpc) is 2.34. The van der Waals surface area contributed by atoms with Crippen LogP contribution in [-0.4, -0.2) is 16.5 Å². The Morgan fingerprint density at radius 1 is 1.83 bits per heavy atom. The molecule has 0 fully saturated rings. The molecule has 1 aromatic heterocycles. The zero-order valence-corrected chi connectivity index (χ0v) is 6.76. The van der Waals surface area contributed by atoms with Crippen molar-refractivity contribution in [3.8, 4) is 12.3 Å². The number of aryl methyl sites for hydroxylation is 1. The summed E-state index contributed by atoms with van der Waals surface area (Å²) in [6.07, 6.45) is 4.57. The predicted molar refractivity (Wildman–Crippen MR) is 43.9 cm³/mol. The van der Waals surface area contributed by atoms with E-state index in [-0.39, 0.29) is 12.5 Å². The van der Waals surface area contributed by atoms with Crippen molar-refractivity contribution in [2.24, 2.45) is 5.73 Å². The van der Waals surface area contributed by atoms with Crippen LogP contribution in [0.25, 0.3) is 0 Å². The van der Waals surface area contributed by atoms with E-state index in [0.717, 1.165) is 0 Å². The summed E-state index contributed by atoms with van der Waals surface area (Å²) in [7, 11) is 0. The molecule has 3 nitrogen and oxygen atoms in total. The first-order valence-corrected chi connectivity index (χ1v) is 3.57. The molecular weight excluding hydrogens is 157 g/mol. The number of hydrogen-bond acceptors (Lipinski definition) is 2. The molecule has 0 aliphatic rings. The Bertz CT molecular complexity index is 311. The van der Waals surface area contributed by atoms with Gasteiger partial charge in [0.2, 0.25) is 0 Å². The molecule has 64 valence electrons. The first-order chi connectivity index (χ1) is 5.69. The largest absolute Gasteiger partial charge is 0.329 e. The zero-order chi connectivity index (χ0) is 9.14. The van der Waals surface area contributed by atoms with Crippen molar-refractivity contribution in [2.45, 2.75) is 12.8 Å². The molecule has 1 heterocycles. The van der Waals surface area contributed by atoms with Crippen LogP contribution in [0.5, 0.6) is 0 Å². The molecule has 0 radical (unpaired) electrons. The number of aromatic amines is 1. The van der Waals surface area contributed by atoms with Gasteiger partial charge in [-0.1, -0.05) is 5.92 Å². The van der Waals surface area contributed by atoms with Gasteiger partial charge in [-0.3, -0.25) is 0 Å². The summed E-state index contributed by atoms with van der Waals surface area (Å²) in [6.45, 7) is 1.99. The van der Waals surface area contributed by atoms with E-state index in [1.807, 2.05) is 0 Å². The number of imidazole rings is 1. The lowest BCUT2D eigenvalue weighted by Crippen LogP contribution is -2.11. The van der Waals surface area contributed by atoms with E-state index in [1.165, 1.54) is 0 Å². The van der Waals surface area contributed by atoms with E-state index in [0.29, 0.717) is 11.4 Å². The van der Waals surface area contributed by atoms with Crippen LogP contribution in [0.1, 0.15) is 17.3 Å². The smallest absolute Gasteiger partial charge is 0.287 e. The lowest BCUT2D eigenvalue weighted by molar-refractivity contribution is 0.548. The zero-order valence-electron chi connectivity index (χ0n) is 6.76. The molecule has 0 saturated carbocycles. The van der Waals surface area contributed by atoms with Crippen LogP contribution in [0, 0.1) is 25.3 Å². The van der Waals surface area contributed by atoms with Gasteiger partial charge in [0, 0.05) is 12.2 Å². The standard InChI is InChI=1S/C8H10FN3/c1-3-6(4-10)7-5(2)11-8(9)12-7/h1,6H,4,10H2,2H3,(H,11,12). The van der Waals surface area contributed by atoms with Crippen molar-refractivity contribution < 1.29 is 4.39 Å². The van der Waals surface area contributed by atoms with Gasteiger partial charge in [0.15, 0.2) is 0 Å². The van der Waals surface area contributed by atoms with E-state index in [9.17, 15) is 4.39 Å². The summed E-state index contributed by atoms with van der Waals surface area (Å²) in [4.78, 5) is 6.04. The first-order valence-electron chi connectivity index (χ1n) is 3.57. The average molecular weight is 167 g/mol. The fraction of sp³-hybridized carbons (Fsp3) is 0.375. The van der Waals surface area contributed by atoms with Crippen molar-refractivity contribution in [1.82, 2.24) is 9.97 Å². The molecule has 1 rings (SSSR count). The number of terminal acetylenes is 1. The fourth-order valence-corrected chi connectivity index (χ4v) is 1.03. The van der Waals surface area contributed by atoms with Crippen molar-refractivity contribution >= 4 is 0 Å². The second-order valence-corrected chi connectivity index (χ2v) is 2.49. The summed E-state index contributed by atoms with van der Waals surface area (Å²) in [5.41, 5.74) is 6.54. The molecular formula is C8H10FN3. The maximum Gasteiger partial charge on any atom is 0.287 e. The number of aromatic nitrogens is 2. The molecule has 0 amide bonds. The van der Waals surface area contributed by atoms with E-state index in [1.54, 1.807) is 6.92 Å². The fourth-order valence-electron chi connectivity index (χ4n) is 1.03. The number of nitrogens with one attached hydrogen (secondary N) is 1. The van der Waals surface area contributed by atoms with Crippen LogP contribution < -0.4 is 5.73 Å². The van der Waals surface area contributed by atoms with Crippen LogP contribution in [0.3, 0.4) is 0 Å². The third-order valence-corrected chi connectivity index (χ3v) is 1.66. The lowest BCUT2D eigenvalue weighted by atomic mass is 10.1. The van der Waals surface area contributed by atoms with Gasteiger partial charge in [-0.15, -0.1) is 6.42 Å². The normalized spacial score (nSPS) is 12.5. The van der Waals surface area contributed by atoms with Crippen LogP contribution in [0.4, 0.5) is 4.39 Å². The Kier molecular flexibility index (Phi) is 2.46. The van der Waals surface area contributed by atoms with Gasteiger partial charge in [-0.25, -0.2) is 4.98 Å². The summed E-state index contributed by atoms with van der Waals surface area (Å²) < 4.78 is 12.5. The summed E-state index contributed by atoms with van der Waals surface area (Å²) in [5.74, 6) is 2.15. The molecule has 0 aliphatic heterocycles. The van der Waals surface area contributed by atoms with Gasteiger partial charge in [0.25, 0.3) is 6.08 Å². The summed E-state index contributed by atoms with van der Waals surface area (Å²) in [6, 6.07) is 0. The van der Waals surface area contributed by atoms with Crippen LogP contribution in [0.15, 0.2) is 0 Å². The molecule has 0 aliphatic carbocycles. The summed E-state index contributed by atoms with van der Waals surface area (Å²) >= 11 is 0. The highest BCUT2D eigenvalue weighted by molar-refractivity contribution is 5.23. The van der Waals surface area contributed by atoms with Crippen molar-refractivity contribution in [1.29, 1.82) is 0 Å². The Morgan fingerprint density at radius 3 is 2.83 bits per heavy atom. The number of halogens is 1. The van der Waals surface area contributed by atoms with Crippen molar-refractivity contribution in [3.05, 3.63) is 17.5 Å². The Morgan fingerprint density at radius 2 is 2.50 bits per heavy atom. The van der Waals surface area contributed by atoms with Crippen molar-refractivity contribution in [2.75, 3.05) is 6.54 Å². The monoisotopic (exact) mass is 167 g/mol. The highest BCUT2D eigenvalue weighted by Gasteiger charge is 2.13. The van der Waals surface area contributed by atoms with E-state index >= 15 is 0 Å². The van der Waals surface area contributed by atoms with Crippen LogP contribution in [-0.2, 0) is 0 Å². The molecule has 1 atom stereocenters. The van der Waals surface area contributed by atoms with Gasteiger partial charge < -0.3 is 10.7 Å². The Hall–Kier alpha value is -1.34. The SMILES string of the molecule is C#CC(CN)c1nc(F)[nH]c1C. The molecule has 1 aromatic rings. The molecule has 0 spiro atoms. The number of hydrogen-bond donors (Lipinski definition) is 2. The van der Waals surface area contributed by atoms with Crippen LogP contribution in [0.2, 0.25) is 0 Å². The van der Waals surface area contributed by atoms with Crippen molar-refractivity contribution in [3.63, 3.8) is 0 Å². The third kappa shape index (κ3) is 1.46. The van der Waals surface area contributed by atoms with Gasteiger partial charge in [-0.2, -0.15) is 4.39 Å². The Labute approximate surface area is 70.2 Å². The second kappa shape index (κ2) is 3.37. The van der Waals surface area contributed by atoms with Gasteiger partial charge in [-0.05, 0) is 6.92 Å². The minimum absolute atomic E-state index is 0.279. The minimum Gasteiger partial charge on any atom is -0.329 e. The maximum atomic E-state index is 12.5. The van der Waals surface area contributed by atoms with Gasteiger partial charge in [0.1, 0.15) is 0 Å². The lowest BCUT2D eigenvalue weighted by Gasteiger charge is -2.03. The van der Waals surface area contributed by atoms with Gasteiger partial charge in [0.05, 0.1) is 11.6 Å². The van der Waals surface area contributed by atoms with Gasteiger partial charge >= 0.3 is 0 Å². The molecule has 4 heteroatoms. The molecule has 3 N–H and O–H groups in total. The highest BCUT2D eigenvalue weighted by Crippen LogP contribution is 2.14. The molecule has 0 saturated heterocycles. The van der Waals surface area contributed by atoms with E-state index < -0.39 is 6.08 Å². The number of H-pyrrole nitrogens is 1. The number of nitrogens with two attached hydrogens (primary N) is 1. The third-order valence-electron chi connectivity index (χ3n) is 1.66. The Balaban J connectivity index is 3.02.